The van der Waals surface area contributed by atoms with E-state index in [0.717, 1.165) is 0 Å². The van der Waals surface area contributed by atoms with Crippen molar-refractivity contribution in [2.45, 2.75) is 42.0 Å². The topological polar surface area (TPSA) is 75.7 Å². The number of hydrogen-bond acceptors (Lipinski definition) is 4. The minimum atomic E-state index is -1.32. The lowest BCUT2D eigenvalue weighted by atomic mass is 9.95. The summed E-state index contributed by atoms with van der Waals surface area (Å²) in [6, 6.07) is -0.584. The summed E-state index contributed by atoms with van der Waals surface area (Å²) in [6.07, 6.45) is 0.310. The molecule has 1 rings (SSSR count). The maximum atomic E-state index is 12.2. The van der Waals surface area contributed by atoms with Crippen LogP contribution in [0.5, 0.6) is 0 Å². The normalized spacial score (nSPS) is 21.8. The molecule has 2 unspecified atom stereocenters. The van der Waals surface area contributed by atoms with Crippen molar-refractivity contribution in [1.29, 1.82) is 0 Å². The predicted octanol–water partition coefficient (Wildman–Crippen LogP) is 1.16. The number of rotatable bonds is 5. The first-order valence-corrected chi connectivity index (χ1v) is 7.75. The van der Waals surface area contributed by atoms with Gasteiger partial charge in [-0.25, -0.2) is 4.79 Å². The zero-order valence-electron chi connectivity index (χ0n) is 11.8. The molecule has 1 fully saturated rings. The maximum absolute atomic E-state index is 12.2. The molecule has 6 nitrogen and oxygen atoms in total. The third-order valence-electron chi connectivity index (χ3n) is 3.20. The molecule has 114 valence electrons. The van der Waals surface area contributed by atoms with Crippen LogP contribution in [0.2, 0.25) is 0 Å². The summed E-state index contributed by atoms with van der Waals surface area (Å²) >= 11 is 6.73. The van der Waals surface area contributed by atoms with Crippen molar-refractivity contribution < 1.29 is 19.1 Å². The highest BCUT2D eigenvalue weighted by Crippen LogP contribution is 2.44. The van der Waals surface area contributed by atoms with Gasteiger partial charge in [-0.2, -0.15) is 0 Å². The Kier molecular flexibility index (Phi) is 5.23. The van der Waals surface area contributed by atoms with Gasteiger partial charge in [0, 0.05) is 6.42 Å². The van der Waals surface area contributed by atoms with Crippen molar-refractivity contribution in [2.24, 2.45) is 0 Å². The van der Waals surface area contributed by atoms with Gasteiger partial charge in [-0.05, 0) is 29.8 Å². The smallest absolute Gasteiger partial charge is 0.344 e. The van der Waals surface area contributed by atoms with E-state index in [0.29, 0.717) is 6.42 Å². The lowest BCUT2D eigenvalue weighted by Crippen LogP contribution is -2.74. The third kappa shape index (κ3) is 2.86. The van der Waals surface area contributed by atoms with Gasteiger partial charge in [0.2, 0.25) is 16.3 Å². The summed E-state index contributed by atoms with van der Waals surface area (Å²) in [5.74, 6) is -1.09. The average Bonchev–Trinajstić information content (AvgIpc) is 2.38. The zero-order chi connectivity index (χ0) is 15.7. The molecule has 0 aliphatic carbocycles. The predicted molar refractivity (Wildman–Crippen MR) is 80.6 cm³/mol. The monoisotopic (exact) mass is 412 g/mol. The standard InChI is InChI=1S/C12H18Br2N2O4/c1-5-8(17)15-7-6-16(9(7)18)12(14,10(19)20-4)11(2,3)13/h7H,5-6H2,1-4H3,(H,15,17). The van der Waals surface area contributed by atoms with E-state index in [4.69, 9.17) is 4.74 Å². The van der Waals surface area contributed by atoms with Crippen molar-refractivity contribution in [1.82, 2.24) is 10.2 Å². The fraction of sp³-hybridized carbons (Fsp3) is 0.750. The highest BCUT2D eigenvalue weighted by atomic mass is 79.9. The lowest BCUT2D eigenvalue weighted by Gasteiger charge is -2.51. The van der Waals surface area contributed by atoms with Gasteiger partial charge in [0.05, 0.1) is 18.0 Å². The molecule has 2 amide bonds. The molecule has 0 aromatic heterocycles. The first-order chi connectivity index (χ1) is 9.09. The van der Waals surface area contributed by atoms with E-state index in [9.17, 15) is 14.4 Å². The van der Waals surface area contributed by atoms with Crippen molar-refractivity contribution in [2.75, 3.05) is 13.7 Å². The number of methoxy groups -OCH3 is 1. The van der Waals surface area contributed by atoms with Crippen LogP contribution >= 0.6 is 31.9 Å². The number of amides is 2. The number of ether oxygens (including phenoxy) is 1. The van der Waals surface area contributed by atoms with E-state index < -0.39 is 20.8 Å². The molecule has 0 aromatic rings. The van der Waals surface area contributed by atoms with Crippen LogP contribution in [0, 0.1) is 0 Å². The number of hydrogen-bond donors (Lipinski definition) is 1. The summed E-state index contributed by atoms with van der Waals surface area (Å²) < 4.78 is 2.72. The number of alkyl halides is 2. The summed E-state index contributed by atoms with van der Waals surface area (Å²) in [6.45, 7) is 5.47. The van der Waals surface area contributed by atoms with E-state index in [1.807, 2.05) is 0 Å². The van der Waals surface area contributed by atoms with E-state index in [1.54, 1.807) is 20.8 Å². The van der Waals surface area contributed by atoms with Crippen molar-refractivity contribution >= 4 is 49.6 Å². The van der Waals surface area contributed by atoms with Crippen LogP contribution in [0.3, 0.4) is 0 Å². The summed E-state index contributed by atoms with van der Waals surface area (Å²) in [5, 5.41) is 2.61. The fourth-order valence-corrected chi connectivity index (χ4v) is 2.77. The molecule has 1 heterocycles. The molecule has 0 saturated carbocycles. The molecular weight excluding hydrogens is 396 g/mol. The molecule has 0 aromatic carbocycles. The van der Waals surface area contributed by atoms with Gasteiger partial charge >= 0.3 is 5.97 Å². The molecule has 8 heteroatoms. The molecular formula is C12H18Br2N2O4. The van der Waals surface area contributed by atoms with Crippen molar-refractivity contribution in [3.63, 3.8) is 0 Å². The van der Waals surface area contributed by atoms with Crippen LogP contribution in [-0.2, 0) is 19.1 Å². The SMILES string of the molecule is CCC(=O)NC1CN(C(Br)(C(=O)OC)C(C)(C)Br)C1=O. The number of esters is 1. The van der Waals surface area contributed by atoms with Gasteiger partial charge in [0.1, 0.15) is 6.04 Å². The third-order valence-corrected chi connectivity index (χ3v) is 6.05. The Morgan fingerprint density at radius 2 is 2.00 bits per heavy atom. The molecule has 0 bridgehead atoms. The molecule has 1 aliphatic heterocycles. The second kappa shape index (κ2) is 6.01. The molecule has 1 N–H and O–H groups in total. The minimum absolute atomic E-state index is 0.195. The number of carbonyl (C=O) groups excluding carboxylic acids is 3. The molecule has 20 heavy (non-hydrogen) atoms. The van der Waals surface area contributed by atoms with Crippen LogP contribution in [-0.4, -0.2) is 51.2 Å². The number of likely N-dealkylation sites (tertiary alicyclic amines) is 1. The molecule has 0 spiro atoms. The Bertz CT molecular complexity index is 436. The lowest BCUT2D eigenvalue weighted by molar-refractivity contribution is -0.165. The summed E-state index contributed by atoms with van der Waals surface area (Å²) in [7, 11) is 1.26. The van der Waals surface area contributed by atoms with Crippen LogP contribution in [0.15, 0.2) is 0 Å². The quantitative estimate of drug-likeness (QED) is 0.317. The summed E-state index contributed by atoms with van der Waals surface area (Å²) in [4.78, 5) is 36.9. The van der Waals surface area contributed by atoms with Crippen LogP contribution in [0.4, 0.5) is 0 Å². The summed E-state index contributed by atoms with van der Waals surface area (Å²) in [5.41, 5.74) is 0. The minimum Gasteiger partial charge on any atom is -0.467 e. The number of nitrogens with one attached hydrogen (secondary N) is 1. The van der Waals surface area contributed by atoms with E-state index in [1.165, 1.54) is 12.0 Å². The van der Waals surface area contributed by atoms with Crippen molar-refractivity contribution in [3.8, 4) is 0 Å². The van der Waals surface area contributed by atoms with E-state index in [2.05, 4.69) is 37.2 Å². The van der Waals surface area contributed by atoms with Gasteiger partial charge < -0.3 is 15.0 Å². The Balaban J connectivity index is 2.91. The van der Waals surface area contributed by atoms with E-state index >= 15 is 0 Å². The maximum Gasteiger partial charge on any atom is 0.344 e. The van der Waals surface area contributed by atoms with Gasteiger partial charge in [-0.1, -0.05) is 22.9 Å². The second-order valence-electron chi connectivity index (χ2n) is 5.01. The molecule has 1 saturated heterocycles. The Morgan fingerprint density at radius 3 is 2.35 bits per heavy atom. The fourth-order valence-electron chi connectivity index (χ4n) is 1.92. The number of nitrogens with zero attached hydrogens (tertiary/aromatic N) is 1. The molecule has 0 radical (unpaired) electrons. The number of β-lactam (4-membered cyclic amide) rings is 1. The van der Waals surface area contributed by atoms with Crippen LogP contribution in [0.1, 0.15) is 27.2 Å². The first kappa shape index (κ1) is 17.4. The zero-order valence-corrected chi connectivity index (χ0v) is 15.0. The van der Waals surface area contributed by atoms with E-state index in [-0.39, 0.29) is 18.4 Å². The van der Waals surface area contributed by atoms with Gasteiger partial charge in [0.25, 0.3) is 0 Å². The van der Waals surface area contributed by atoms with Crippen molar-refractivity contribution in [3.05, 3.63) is 0 Å². The van der Waals surface area contributed by atoms with Gasteiger partial charge in [0.15, 0.2) is 0 Å². The highest BCUT2D eigenvalue weighted by Gasteiger charge is 2.60. The van der Waals surface area contributed by atoms with Crippen LogP contribution in [0.25, 0.3) is 0 Å². The molecule has 1 aliphatic rings. The average molecular weight is 414 g/mol. The Labute approximate surface area is 134 Å². The van der Waals surface area contributed by atoms with Gasteiger partial charge in [-0.3, -0.25) is 9.59 Å². The number of carbonyl (C=O) groups is 3. The second-order valence-corrected chi connectivity index (χ2v) is 8.14. The first-order valence-electron chi connectivity index (χ1n) is 6.16. The van der Waals surface area contributed by atoms with Gasteiger partial charge in [-0.15, -0.1) is 0 Å². The molecule has 2 atom stereocenters. The number of halogens is 2. The Morgan fingerprint density at radius 1 is 1.45 bits per heavy atom. The largest absolute Gasteiger partial charge is 0.467 e. The Hall–Kier alpha value is -0.630. The van der Waals surface area contributed by atoms with Crippen LogP contribution < -0.4 is 5.32 Å². The highest BCUT2D eigenvalue weighted by molar-refractivity contribution is 9.13.